The summed E-state index contributed by atoms with van der Waals surface area (Å²) in [7, 11) is 0. The Bertz CT molecular complexity index is 1190. The van der Waals surface area contributed by atoms with Crippen molar-refractivity contribution in [1.82, 2.24) is 16.0 Å². The van der Waals surface area contributed by atoms with Crippen LogP contribution in [0, 0.1) is 5.92 Å². The highest BCUT2D eigenvalue weighted by Gasteiger charge is 2.32. The Labute approximate surface area is 238 Å². The van der Waals surface area contributed by atoms with E-state index in [9.17, 15) is 34.2 Å². The van der Waals surface area contributed by atoms with Crippen molar-refractivity contribution in [2.45, 2.75) is 70.1 Å². The summed E-state index contributed by atoms with van der Waals surface area (Å²) in [4.78, 5) is 62.8. The highest BCUT2D eigenvalue weighted by molar-refractivity contribution is 5.94. The fourth-order valence-electron chi connectivity index (χ4n) is 4.08. The summed E-state index contributed by atoms with van der Waals surface area (Å²) in [6.07, 6.45) is 0.269. The number of nitrogens with one attached hydrogen (secondary N) is 3. The molecule has 41 heavy (non-hydrogen) atoms. The molecule has 0 aromatic heterocycles. The molecule has 0 aliphatic rings. The fraction of sp³-hybridized carbons (Fsp3) is 0.414. The third kappa shape index (κ3) is 10.9. The number of primary amides is 1. The van der Waals surface area contributed by atoms with Crippen LogP contribution in [0.5, 0.6) is 5.75 Å². The SMILES string of the molecule is CCC(C)C(NC(=O)C(CCC(N)=O)NC(=O)C(Cc1ccccc1)NC(=O)C(N)Cc1ccc(O)cc1)C(=O)O. The molecule has 0 saturated heterocycles. The number of carbonyl (C=O) groups is 5. The molecule has 2 aromatic carbocycles. The first kappa shape index (κ1) is 32.8. The van der Waals surface area contributed by atoms with Crippen molar-refractivity contribution in [2.24, 2.45) is 17.4 Å². The molecule has 0 fully saturated rings. The van der Waals surface area contributed by atoms with Crippen LogP contribution in [0.25, 0.3) is 0 Å². The Morgan fingerprint density at radius 1 is 0.805 bits per heavy atom. The van der Waals surface area contributed by atoms with Crippen molar-refractivity contribution in [1.29, 1.82) is 0 Å². The van der Waals surface area contributed by atoms with Gasteiger partial charge in [0.2, 0.25) is 23.6 Å². The number of hydrogen-bond donors (Lipinski definition) is 7. The maximum atomic E-state index is 13.5. The number of rotatable bonds is 16. The summed E-state index contributed by atoms with van der Waals surface area (Å²) in [5.74, 6) is -4.40. The number of aliphatic carboxylic acids is 1. The van der Waals surface area contributed by atoms with Gasteiger partial charge in [-0.1, -0.05) is 62.7 Å². The Morgan fingerprint density at radius 2 is 1.37 bits per heavy atom. The number of phenols is 1. The number of carboxylic acids is 1. The van der Waals surface area contributed by atoms with Crippen molar-refractivity contribution >= 4 is 29.6 Å². The topological polar surface area (TPSA) is 214 Å². The molecule has 2 aromatic rings. The molecule has 222 valence electrons. The van der Waals surface area contributed by atoms with E-state index in [2.05, 4.69) is 16.0 Å². The van der Waals surface area contributed by atoms with E-state index in [-0.39, 0.29) is 31.4 Å². The lowest BCUT2D eigenvalue weighted by Crippen LogP contribution is -2.58. The number of aromatic hydroxyl groups is 1. The van der Waals surface area contributed by atoms with E-state index in [1.54, 1.807) is 56.3 Å². The van der Waals surface area contributed by atoms with Gasteiger partial charge in [0.05, 0.1) is 6.04 Å². The average Bonchev–Trinajstić information content (AvgIpc) is 2.94. The van der Waals surface area contributed by atoms with Crippen molar-refractivity contribution in [3.05, 3.63) is 65.7 Å². The number of carbonyl (C=O) groups excluding carboxylic acids is 4. The smallest absolute Gasteiger partial charge is 0.326 e. The maximum absolute atomic E-state index is 13.5. The number of hydrogen-bond acceptors (Lipinski definition) is 7. The lowest BCUT2D eigenvalue weighted by atomic mass is 9.98. The predicted octanol–water partition coefficient (Wildman–Crippen LogP) is 0.355. The first-order chi connectivity index (χ1) is 19.4. The number of nitrogens with two attached hydrogens (primary N) is 2. The van der Waals surface area contributed by atoms with Crippen LogP contribution < -0.4 is 27.4 Å². The first-order valence-electron chi connectivity index (χ1n) is 13.4. The summed E-state index contributed by atoms with van der Waals surface area (Å²) >= 11 is 0. The van der Waals surface area contributed by atoms with Gasteiger partial charge >= 0.3 is 5.97 Å². The molecule has 0 heterocycles. The molecule has 2 rings (SSSR count). The first-order valence-corrected chi connectivity index (χ1v) is 13.4. The monoisotopic (exact) mass is 569 g/mol. The standard InChI is InChI=1S/C29H39N5O7/c1-3-17(2)25(29(40)41)34-27(38)22(13-14-24(31)36)32-28(39)23(16-18-7-5-4-6-8-18)33-26(37)21(30)15-19-9-11-20(35)12-10-19/h4-12,17,21-23,25,35H,3,13-16,30H2,1-2H3,(H2,31,36)(H,32,39)(H,33,37)(H,34,38)(H,40,41). The van der Waals surface area contributed by atoms with Crippen LogP contribution in [0.1, 0.15) is 44.2 Å². The second-order valence-corrected chi connectivity index (χ2v) is 10.0. The zero-order valence-corrected chi connectivity index (χ0v) is 23.2. The number of phenolic OH excluding ortho intramolecular Hbond substituents is 1. The molecule has 0 aliphatic heterocycles. The molecule has 12 nitrogen and oxygen atoms in total. The van der Waals surface area contributed by atoms with Gasteiger partial charge in [0.1, 0.15) is 23.9 Å². The van der Waals surface area contributed by atoms with Crippen molar-refractivity contribution in [3.63, 3.8) is 0 Å². The van der Waals surface area contributed by atoms with E-state index < -0.39 is 59.7 Å². The minimum Gasteiger partial charge on any atom is -0.508 e. The molecule has 4 amide bonds. The maximum Gasteiger partial charge on any atom is 0.326 e. The Kier molecular flexibility index (Phi) is 12.8. The van der Waals surface area contributed by atoms with Gasteiger partial charge in [-0.3, -0.25) is 19.2 Å². The van der Waals surface area contributed by atoms with E-state index in [0.717, 1.165) is 5.56 Å². The number of carboxylic acid groups (broad SMARTS) is 1. The van der Waals surface area contributed by atoms with Gasteiger partial charge in [0.25, 0.3) is 0 Å². The van der Waals surface area contributed by atoms with Gasteiger partial charge in [-0.25, -0.2) is 4.79 Å². The molecular weight excluding hydrogens is 530 g/mol. The van der Waals surface area contributed by atoms with Crippen LogP contribution in [-0.2, 0) is 36.8 Å². The lowest BCUT2D eigenvalue weighted by Gasteiger charge is -2.26. The van der Waals surface area contributed by atoms with E-state index in [1.807, 2.05) is 0 Å². The quantitative estimate of drug-likeness (QED) is 0.149. The minimum absolute atomic E-state index is 0.0686. The van der Waals surface area contributed by atoms with Gasteiger partial charge in [-0.15, -0.1) is 0 Å². The van der Waals surface area contributed by atoms with Gasteiger partial charge in [-0.2, -0.15) is 0 Å². The molecule has 0 bridgehead atoms. The summed E-state index contributed by atoms with van der Waals surface area (Å²) in [5.41, 5.74) is 12.8. The fourth-order valence-corrected chi connectivity index (χ4v) is 4.08. The normalized spacial score (nSPS) is 14.5. The second-order valence-electron chi connectivity index (χ2n) is 10.0. The van der Waals surface area contributed by atoms with Crippen LogP contribution in [0.4, 0.5) is 0 Å². The number of amides is 4. The number of benzene rings is 2. The van der Waals surface area contributed by atoms with Crippen LogP contribution >= 0.6 is 0 Å². The van der Waals surface area contributed by atoms with E-state index in [0.29, 0.717) is 12.0 Å². The summed E-state index contributed by atoms with van der Waals surface area (Å²) in [5, 5.41) is 26.7. The molecular formula is C29H39N5O7. The van der Waals surface area contributed by atoms with E-state index >= 15 is 0 Å². The zero-order valence-electron chi connectivity index (χ0n) is 23.2. The molecule has 0 saturated carbocycles. The average molecular weight is 570 g/mol. The van der Waals surface area contributed by atoms with Crippen LogP contribution in [0.3, 0.4) is 0 Å². The molecule has 5 unspecified atom stereocenters. The highest BCUT2D eigenvalue weighted by atomic mass is 16.4. The highest BCUT2D eigenvalue weighted by Crippen LogP contribution is 2.12. The predicted molar refractivity (Wildman–Crippen MR) is 151 cm³/mol. The van der Waals surface area contributed by atoms with Crippen LogP contribution in [0.15, 0.2) is 54.6 Å². The third-order valence-corrected chi connectivity index (χ3v) is 6.73. The van der Waals surface area contributed by atoms with E-state index in [1.165, 1.54) is 12.1 Å². The molecule has 5 atom stereocenters. The summed E-state index contributed by atoms with van der Waals surface area (Å²) in [6, 6.07) is 10.4. The Balaban J connectivity index is 2.24. The van der Waals surface area contributed by atoms with Gasteiger partial charge in [0.15, 0.2) is 0 Å². The van der Waals surface area contributed by atoms with Gasteiger partial charge in [0, 0.05) is 12.8 Å². The summed E-state index contributed by atoms with van der Waals surface area (Å²) < 4.78 is 0. The van der Waals surface area contributed by atoms with Crippen molar-refractivity contribution < 1.29 is 34.2 Å². The second kappa shape index (κ2) is 16.0. The van der Waals surface area contributed by atoms with Crippen LogP contribution in [-0.4, -0.2) is 64.0 Å². The molecule has 0 spiro atoms. The molecule has 9 N–H and O–H groups in total. The van der Waals surface area contributed by atoms with Gasteiger partial charge in [-0.05, 0) is 42.0 Å². The van der Waals surface area contributed by atoms with Crippen molar-refractivity contribution in [2.75, 3.05) is 0 Å². The van der Waals surface area contributed by atoms with Crippen LogP contribution in [0.2, 0.25) is 0 Å². The molecule has 0 radical (unpaired) electrons. The zero-order chi connectivity index (χ0) is 30.5. The van der Waals surface area contributed by atoms with Gasteiger partial charge < -0.3 is 37.6 Å². The summed E-state index contributed by atoms with van der Waals surface area (Å²) in [6.45, 7) is 3.45. The molecule has 0 aliphatic carbocycles. The Hall–Kier alpha value is -4.45. The minimum atomic E-state index is -1.29. The lowest BCUT2D eigenvalue weighted by molar-refractivity contribution is -0.144. The third-order valence-electron chi connectivity index (χ3n) is 6.73. The van der Waals surface area contributed by atoms with Crippen molar-refractivity contribution in [3.8, 4) is 5.75 Å². The van der Waals surface area contributed by atoms with E-state index in [4.69, 9.17) is 11.5 Å². The Morgan fingerprint density at radius 3 is 1.93 bits per heavy atom. The largest absolute Gasteiger partial charge is 0.508 e. The molecule has 12 heteroatoms.